The van der Waals surface area contributed by atoms with Gasteiger partial charge in [0.1, 0.15) is 11.6 Å². The number of amides is 3. The summed E-state index contributed by atoms with van der Waals surface area (Å²) in [5.41, 5.74) is -0.0709. The van der Waals surface area contributed by atoms with Gasteiger partial charge in [-0.1, -0.05) is 42.5 Å². The fraction of sp³-hybridized carbons (Fsp3) is 0.519. The molecule has 0 saturated carbocycles. The van der Waals surface area contributed by atoms with Crippen molar-refractivity contribution in [3.05, 3.63) is 61.2 Å². The standard InChI is InChI=1S/C27H35N3O5/c1-4-14-28(3)24(32)21-20-12-13-27(35-20)22(21)25(33)30(16-9-17-31)23(27)26(34)29(15-5-2)18-19-10-7-6-8-11-19/h4-8,10-11,20-23,31H,1-2,9,12-18H2,3H3/t20-,21+,22-,23?,27?/m0/s1. The monoisotopic (exact) mass is 481 g/mol. The lowest BCUT2D eigenvalue weighted by Crippen LogP contribution is -2.56. The Bertz CT molecular complexity index is 982. The van der Waals surface area contributed by atoms with E-state index in [4.69, 9.17) is 4.74 Å². The second kappa shape index (κ2) is 10.3. The van der Waals surface area contributed by atoms with E-state index in [2.05, 4.69) is 13.2 Å². The van der Waals surface area contributed by atoms with Gasteiger partial charge >= 0.3 is 0 Å². The number of aliphatic hydroxyl groups is 1. The van der Waals surface area contributed by atoms with E-state index in [1.165, 1.54) is 0 Å². The molecule has 1 aromatic rings. The SMILES string of the molecule is C=CCN(C)C(=O)[C@@H]1[C@@H]2CCC3(O2)C(C(=O)N(CC=C)Cc2ccccc2)N(CCCO)C(=O)[C@H]13. The molecule has 4 rings (SSSR count). The molecule has 0 aromatic heterocycles. The number of likely N-dealkylation sites (N-methyl/N-ethyl adjacent to an activating group) is 1. The first kappa shape index (κ1) is 25.1. The Morgan fingerprint density at radius 2 is 1.91 bits per heavy atom. The van der Waals surface area contributed by atoms with Gasteiger partial charge in [0.05, 0.1) is 17.9 Å². The topological polar surface area (TPSA) is 90.4 Å². The van der Waals surface area contributed by atoms with Gasteiger partial charge in [0.25, 0.3) is 0 Å². The molecule has 3 aliphatic heterocycles. The minimum absolute atomic E-state index is 0.101. The Kier molecular flexibility index (Phi) is 7.42. The van der Waals surface area contributed by atoms with Crippen molar-refractivity contribution in [1.29, 1.82) is 0 Å². The summed E-state index contributed by atoms with van der Waals surface area (Å²) in [4.78, 5) is 46.1. The molecule has 3 saturated heterocycles. The minimum atomic E-state index is -1.04. The van der Waals surface area contributed by atoms with E-state index < -0.39 is 23.5 Å². The second-order valence-electron chi connectivity index (χ2n) is 9.67. The van der Waals surface area contributed by atoms with Crippen LogP contribution in [0.15, 0.2) is 55.6 Å². The highest BCUT2D eigenvalue weighted by atomic mass is 16.5. The van der Waals surface area contributed by atoms with Crippen LogP contribution in [0.25, 0.3) is 0 Å². The summed E-state index contributed by atoms with van der Waals surface area (Å²) in [6, 6.07) is 8.83. The number of hydrogen-bond acceptors (Lipinski definition) is 5. The molecule has 3 heterocycles. The Morgan fingerprint density at radius 1 is 1.20 bits per heavy atom. The zero-order valence-electron chi connectivity index (χ0n) is 20.3. The molecule has 35 heavy (non-hydrogen) atoms. The number of fused-ring (bicyclic) bond motifs is 1. The van der Waals surface area contributed by atoms with Gasteiger partial charge in [0.15, 0.2) is 0 Å². The molecule has 1 aromatic carbocycles. The second-order valence-corrected chi connectivity index (χ2v) is 9.67. The van der Waals surface area contributed by atoms with Crippen molar-refractivity contribution in [1.82, 2.24) is 14.7 Å². The highest BCUT2D eigenvalue weighted by Gasteiger charge is 2.74. The third kappa shape index (κ3) is 4.29. The van der Waals surface area contributed by atoms with Crippen LogP contribution in [0.1, 0.15) is 24.8 Å². The van der Waals surface area contributed by atoms with Crippen LogP contribution in [0.5, 0.6) is 0 Å². The Hall–Kier alpha value is -2.97. The van der Waals surface area contributed by atoms with Crippen LogP contribution in [0, 0.1) is 11.8 Å². The van der Waals surface area contributed by atoms with Gasteiger partial charge < -0.3 is 24.5 Å². The van der Waals surface area contributed by atoms with Gasteiger partial charge in [-0.3, -0.25) is 14.4 Å². The number of nitrogens with zero attached hydrogens (tertiary/aromatic N) is 3. The van der Waals surface area contributed by atoms with E-state index in [0.717, 1.165) is 5.56 Å². The zero-order valence-corrected chi connectivity index (χ0v) is 20.3. The van der Waals surface area contributed by atoms with Crippen LogP contribution < -0.4 is 0 Å². The van der Waals surface area contributed by atoms with Gasteiger partial charge in [-0.25, -0.2) is 0 Å². The Labute approximate surface area is 206 Å². The summed E-state index contributed by atoms with van der Waals surface area (Å²) in [6.07, 6.45) is 4.45. The van der Waals surface area contributed by atoms with Crippen molar-refractivity contribution in [3.8, 4) is 0 Å². The third-order valence-electron chi connectivity index (χ3n) is 7.53. The van der Waals surface area contributed by atoms with Crippen molar-refractivity contribution in [2.45, 2.75) is 43.6 Å². The summed E-state index contributed by atoms with van der Waals surface area (Å²) in [6.45, 7) is 8.73. The number of carbonyl (C=O) groups excluding carboxylic acids is 3. The molecule has 0 radical (unpaired) electrons. The fourth-order valence-electron chi connectivity index (χ4n) is 6.10. The van der Waals surface area contributed by atoms with Crippen LogP contribution >= 0.6 is 0 Å². The lowest BCUT2D eigenvalue weighted by Gasteiger charge is -2.37. The zero-order chi connectivity index (χ0) is 25.2. The van der Waals surface area contributed by atoms with Gasteiger partial charge in [-0.05, 0) is 24.8 Å². The predicted octanol–water partition coefficient (Wildman–Crippen LogP) is 1.60. The molecule has 8 heteroatoms. The molecule has 5 atom stereocenters. The van der Waals surface area contributed by atoms with Crippen molar-refractivity contribution in [2.24, 2.45) is 11.8 Å². The number of carbonyl (C=O) groups is 3. The number of hydrogen-bond donors (Lipinski definition) is 1. The van der Waals surface area contributed by atoms with Crippen molar-refractivity contribution >= 4 is 17.7 Å². The highest BCUT2D eigenvalue weighted by Crippen LogP contribution is 2.58. The first-order valence-electron chi connectivity index (χ1n) is 12.3. The summed E-state index contributed by atoms with van der Waals surface area (Å²) in [7, 11) is 1.69. The van der Waals surface area contributed by atoms with E-state index in [0.29, 0.717) is 38.9 Å². The summed E-state index contributed by atoms with van der Waals surface area (Å²) in [5.74, 6) is -1.94. The lowest BCUT2D eigenvalue weighted by molar-refractivity contribution is -0.149. The molecular formula is C27H35N3O5. The maximum Gasteiger partial charge on any atom is 0.248 e. The first-order valence-corrected chi connectivity index (χ1v) is 12.3. The largest absolute Gasteiger partial charge is 0.396 e. The minimum Gasteiger partial charge on any atom is -0.396 e. The third-order valence-corrected chi connectivity index (χ3v) is 7.53. The van der Waals surface area contributed by atoms with Crippen LogP contribution in [-0.4, -0.2) is 88.6 Å². The number of ether oxygens (including phenoxy) is 1. The summed E-state index contributed by atoms with van der Waals surface area (Å²) < 4.78 is 6.47. The normalized spacial score (nSPS) is 28.6. The van der Waals surface area contributed by atoms with Gasteiger partial charge in [0.2, 0.25) is 17.7 Å². The summed E-state index contributed by atoms with van der Waals surface area (Å²) in [5, 5.41) is 9.48. The first-order chi connectivity index (χ1) is 16.9. The molecule has 3 fully saturated rings. The lowest BCUT2D eigenvalue weighted by atomic mass is 9.70. The molecular weight excluding hydrogens is 446 g/mol. The number of rotatable bonds is 11. The average Bonchev–Trinajstić information content (AvgIpc) is 3.50. The van der Waals surface area contributed by atoms with Crippen LogP contribution in [-0.2, 0) is 25.7 Å². The number of aliphatic hydroxyl groups excluding tert-OH is 1. The van der Waals surface area contributed by atoms with Crippen LogP contribution in [0.2, 0.25) is 0 Å². The Balaban J connectivity index is 1.70. The van der Waals surface area contributed by atoms with E-state index in [1.54, 1.807) is 33.9 Å². The van der Waals surface area contributed by atoms with Crippen molar-refractivity contribution in [3.63, 3.8) is 0 Å². The van der Waals surface area contributed by atoms with Gasteiger partial charge in [0, 0.05) is 39.8 Å². The molecule has 2 bridgehead atoms. The highest BCUT2D eigenvalue weighted by molar-refractivity contribution is 5.99. The number of benzene rings is 1. The fourth-order valence-corrected chi connectivity index (χ4v) is 6.10. The van der Waals surface area contributed by atoms with E-state index in [1.807, 2.05) is 30.3 Å². The molecule has 188 valence electrons. The quantitative estimate of drug-likeness (QED) is 0.485. The Morgan fingerprint density at radius 3 is 2.57 bits per heavy atom. The maximum atomic E-state index is 14.1. The van der Waals surface area contributed by atoms with Crippen LogP contribution in [0.4, 0.5) is 0 Å². The van der Waals surface area contributed by atoms with Gasteiger partial charge in [-0.15, -0.1) is 13.2 Å². The molecule has 3 aliphatic rings. The van der Waals surface area contributed by atoms with E-state index in [-0.39, 0.29) is 37.0 Å². The van der Waals surface area contributed by atoms with E-state index in [9.17, 15) is 19.5 Å². The molecule has 8 nitrogen and oxygen atoms in total. The molecule has 3 amide bonds. The predicted molar refractivity (Wildman–Crippen MR) is 131 cm³/mol. The molecule has 1 spiro atoms. The molecule has 0 aliphatic carbocycles. The van der Waals surface area contributed by atoms with Crippen LogP contribution in [0.3, 0.4) is 0 Å². The maximum absolute atomic E-state index is 14.1. The number of likely N-dealkylation sites (tertiary alicyclic amines) is 1. The average molecular weight is 482 g/mol. The van der Waals surface area contributed by atoms with E-state index >= 15 is 0 Å². The smallest absolute Gasteiger partial charge is 0.248 e. The van der Waals surface area contributed by atoms with Crippen molar-refractivity contribution < 1.29 is 24.2 Å². The van der Waals surface area contributed by atoms with Gasteiger partial charge in [-0.2, -0.15) is 0 Å². The summed E-state index contributed by atoms with van der Waals surface area (Å²) >= 11 is 0. The molecule has 1 N–H and O–H groups in total. The molecule has 2 unspecified atom stereocenters. The van der Waals surface area contributed by atoms with Crippen molar-refractivity contribution in [2.75, 3.05) is 33.3 Å².